The summed E-state index contributed by atoms with van der Waals surface area (Å²) in [6.07, 6.45) is 0.827. The number of rotatable bonds is 5. The second-order valence-electron chi connectivity index (χ2n) is 5.75. The Morgan fingerprint density at radius 1 is 1.38 bits per heavy atom. The van der Waals surface area contributed by atoms with E-state index in [1.807, 2.05) is 6.92 Å². The molecule has 1 aliphatic rings. The maximum Gasteiger partial charge on any atom is 0.245 e. The van der Waals surface area contributed by atoms with Crippen LogP contribution in [0.3, 0.4) is 0 Å². The summed E-state index contributed by atoms with van der Waals surface area (Å²) in [4.78, 5) is 11.7. The monoisotopic (exact) mass is 379 g/mol. The van der Waals surface area contributed by atoms with Crippen molar-refractivity contribution in [1.82, 2.24) is 9.62 Å². The van der Waals surface area contributed by atoms with Crippen molar-refractivity contribution in [3.8, 4) is 0 Å². The lowest BCUT2D eigenvalue weighted by atomic mass is 9.97. The Kier molecular flexibility index (Phi) is 7.59. The van der Waals surface area contributed by atoms with Crippen LogP contribution in [0.5, 0.6) is 0 Å². The highest BCUT2D eigenvalue weighted by atomic mass is 35.5. The number of hydrogen-bond acceptors (Lipinski definition) is 4. The number of carbonyl (C=O) groups is 1. The normalized spacial score (nSPS) is 17.8. The van der Waals surface area contributed by atoms with Crippen LogP contribution in [-0.4, -0.2) is 44.3 Å². The summed E-state index contributed by atoms with van der Waals surface area (Å²) < 4.78 is 39.9. The third kappa shape index (κ3) is 4.66. The summed E-state index contributed by atoms with van der Waals surface area (Å²) in [5.74, 6) is -1.11. The Balaban J connectivity index is 0.00000288. The van der Waals surface area contributed by atoms with E-state index in [1.165, 1.54) is 22.5 Å². The van der Waals surface area contributed by atoms with Gasteiger partial charge in [-0.15, -0.1) is 12.4 Å². The average molecular weight is 380 g/mol. The van der Waals surface area contributed by atoms with E-state index in [2.05, 4.69) is 5.32 Å². The van der Waals surface area contributed by atoms with Gasteiger partial charge in [-0.1, -0.05) is 12.1 Å². The molecule has 0 spiro atoms. The Morgan fingerprint density at radius 2 is 1.96 bits per heavy atom. The topological polar surface area (TPSA) is 92.5 Å². The van der Waals surface area contributed by atoms with Crippen molar-refractivity contribution in [2.24, 2.45) is 11.7 Å². The maximum absolute atomic E-state index is 13.7. The van der Waals surface area contributed by atoms with Crippen LogP contribution >= 0.6 is 12.4 Å². The minimum Gasteiger partial charge on any atom is -0.352 e. The van der Waals surface area contributed by atoms with Gasteiger partial charge in [-0.25, -0.2) is 12.8 Å². The molecule has 1 atom stereocenters. The summed E-state index contributed by atoms with van der Waals surface area (Å²) >= 11 is 0. The second kappa shape index (κ2) is 8.75. The molecule has 1 aromatic carbocycles. The molecule has 1 heterocycles. The van der Waals surface area contributed by atoms with Gasteiger partial charge in [0.15, 0.2) is 0 Å². The SMILES string of the molecule is C[C@@H](CN)NC(=O)C1CCN(S(=O)(=O)c2ccccc2F)CC1.Cl. The van der Waals surface area contributed by atoms with E-state index >= 15 is 0 Å². The fourth-order valence-electron chi connectivity index (χ4n) is 2.57. The van der Waals surface area contributed by atoms with Crippen molar-refractivity contribution in [2.45, 2.75) is 30.7 Å². The zero-order valence-corrected chi connectivity index (χ0v) is 15.1. The van der Waals surface area contributed by atoms with Gasteiger partial charge in [0.25, 0.3) is 0 Å². The highest BCUT2D eigenvalue weighted by Gasteiger charge is 2.33. The van der Waals surface area contributed by atoms with Gasteiger partial charge in [-0.05, 0) is 31.9 Å². The van der Waals surface area contributed by atoms with Crippen LogP contribution in [0.15, 0.2) is 29.2 Å². The number of nitrogens with two attached hydrogens (primary N) is 1. The lowest BCUT2D eigenvalue weighted by Gasteiger charge is -2.31. The Bertz CT molecular complexity index is 664. The first-order valence-electron chi connectivity index (χ1n) is 7.61. The van der Waals surface area contributed by atoms with E-state index in [0.717, 1.165) is 6.07 Å². The van der Waals surface area contributed by atoms with E-state index in [1.54, 1.807) is 0 Å². The van der Waals surface area contributed by atoms with E-state index < -0.39 is 15.8 Å². The van der Waals surface area contributed by atoms with E-state index in [0.29, 0.717) is 19.4 Å². The third-order valence-electron chi connectivity index (χ3n) is 4.02. The van der Waals surface area contributed by atoms with Gasteiger partial charge in [-0.3, -0.25) is 4.79 Å². The number of sulfonamides is 1. The fourth-order valence-corrected chi connectivity index (χ4v) is 4.11. The van der Waals surface area contributed by atoms with Crippen molar-refractivity contribution in [3.63, 3.8) is 0 Å². The molecule has 1 aromatic rings. The molecular weight excluding hydrogens is 357 g/mol. The number of nitrogens with one attached hydrogen (secondary N) is 1. The molecule has 1 amide bonds. The number of hydrogen-bond donors (Lipinski definition) is 2. The molecule has 1 fully saturated rings. The summed E-state index contributed by atoms with van der Waals surface area (Å²) in [5, 5.41) is 2.80. The largest absolute Gasteiger partial charge is 0.352 e. The van der Waals surface area contributed by atoms with Crippen molar-refractivity contribution in [3.05, 3.63) is 30.1 Å². The van der Waals surface area contributed by atoms with Gasteiger partial charge in [0.2, 0.25) is 15.9 Å². The number of nitrogens with zero attached hydrogens (tertiary/aromatic N) is 1. The number of piperidine rings is 1. The molecule has 0 aromatic heterocycles. The van der Waals surface area contributed by atoms with E-state index in [9.17, 15) is 17.6 Å². The van der Waals surface area contributed by atoms with E-state index in [4.69, 9.17) is 5.73 Å². The number of halogens is 2. The first kappa shape index (κ1) is 20.8. The predicted molar refractivity (Wildman–Crippen MR) is 91.8 cm³/mol. The minimum atomic E-state index is -3.86. The number of carbonyl (C=O) groups excluding carboxylic acids is 1. The average Bonchev–Trinajstić information content (AvgIpc) is 2.55. The van der Waals surface area contributed by atoms with Gasteiger partial charge in [0, 0.05) is 31.6 Å². The van der Waals surface area contributed by atoms with Crippen molar-refractivity contribution in [2.75, 3.05) is 19.6 Å². The van der Waals surface area contributed by atoms with E-state index in [-0.39, 0.29) is 48.3 Å². The van der Waals surface area contributed by atoms with Crippen molar-refractivity contribution in [1.29, 1.82) is 0 Å². The Hall–Kier alpha value is -1.22. The Labute approximate surface area is 148 Å². The summed E-state index contributed by atoms with van der Waals surface area (Å²) in [5.41, 5.74) is 5.47. The van der Waals surface area contributed by atoms with Gasteiger partial charge in [-0.2, -0.15) is 4.31 Å². The minimum absolute atomic E-state index is 0. The van der Waals surface area contributed by atoms with Crippen LogP contribution in [0.2, 0.25) is 0 Å². The van der Waals surface area contributed by atoms with Gasteiger partial charge < -0.3 is 11.1 Å². The molecule has 0 saturated carbocycles. The predicted octanol–water partition coefficient (Wildman–Crippen LogP) is 1.11. The highest BCUT2D eigenvalue weighted by molar-refractivity contribution is 7.89. The van der Waals surface area contributed by atoms with Gasteiger partial charge in [0.05, 0.1) is 0 Å². The molecule has 1 aliphatic heterocycles. The maximum atomic E-state index is 13.7. The first-order valence-corrected chi connectivity index (χ1v) is 9.05. The molecule has 9 heteroatoms. The molecule has 136 valence electrons. The molecule has 2 rings (SSSR count). The molecule has 0 bridgehead atoms. The lowest BCUT2D eigenvalue weighted by Crippen LogP contribution is -2.46. The smallest absolute Gasteiger partial charge is 0.245 e. The molecule has 0 unspecified atom stereocenters. The highest BCUT2D eigenvalue weighted by Crippen LogP contribution is 2.25. The van der Waals surface area contributed by atoms with Crippen LogP contribution in [0, 0.1) is 11.7 Å². The molecule has 24 heavy (non-hydrogen) atoms. The zero-order valence-electron chi connectivity index (χ0n) is 13.4. The molecule has 1 saturated heterocycles. The van der Waals surface area contributed by atoms with Gasteiger partial charge in [0.1, 0.15) is 10.7 Å². The van der Waals surface area contributed by atoms with Crippen LogP contribution in [-0.2, 0) is 14.8 Å². The van der Waals surface area contributed by atoms with Crippen LogP contribution in [0.1, 0.15) is 19.8 Å². The Morgan fingerprint density at radius 3 is 2.50 bits per heavy atom. The van der Waals surface area contributed by atoms with Crippen LogP contribution < -0.4 is 11.1 Å². The van der Waals surface area contributed by atoms with Crippen molar-refractivity contribution >= 4 is 28.3 Å². The summed E-state index contributed by atoms with van der Waals surface area (Å²) in [6, 6.07) is 5.21. The van der Waals surface area contributed by atoms with Gasteiger partial charge >= 0.3 is 0 Å². The van der Waals surface area contributed by atoms with Crippen LogP contribution in [0.25, 0.3) is 0 Å². The molecule has 6 nitrogen and oxygen atoms in total. The number of benzene rings is 1. The summed E-state index contributed by atoms with van der Waals surface area (Å²) in [6.45, 7) is 2.57. The molecule has 0 radical (unpaired) electrons. The molecule has 0 aliphatic carbocycles. The fraction of sp³-hybridized carbons (Fsp3) is 0.533. The molecular formula is C15H23ClFN3O3S. The third-order valence-corrected chi connectivity index (χ3v) is 5.95. The lowest BCUT2D eigenvalue weighted by molar-refractivity contribution is -0.126. The zero-order chi connectivity index (χ0) is 17.0. The standard InChI is InChI=1S/C15H22FN3O3S.ClH/c1-11(10-17)18-15(20)12-6-8-19(9-7-12)23(21,22)14-5-3-2-4-13(14)16;/h2-5,11-12H,6-10,17H2,1H3,(H,18,20);1H/t11-;/m0./s1. The quantitative estimate of drug-likeness (QED) is 0.801. The molecule has 3 N–H and O–H groups in total. The van der Waals surface area contributed by atoms with Crippen molar-refractivity contribution < 1.29 is 17.6 Å². The second-order valence-corrected chi connectivity index (χ2v) is 7.66. The van der Waals surface area contributed by atoms with Crippen LogP contribution in [0.4, 0.5) is 4.39 Å². The number of amides is 1. The first-order chi connectivity index (χ1) is 10.9. The summed E-state index contributed by atoms with van der Waals surface area (Å²) in [7, 11) is -3.86.